The zero-order chi connectivity index (χ0) is 21.2. The number of nitrogens with one attached hydrogen (secondary N) is 1. The van der Waals surface area contributed by atoms with E-state index in [0.717, 1.165) is 45.4 Å². The number of nitrogens with zero attached hydrogens (tertiary/aromatic N) is 4. The first-order valence-corrected chi connectivity index (χ1v) is 9.95. The topological polar surface area (TPSA) is 78.0 Å². The van der Waals surface area contributed by atoms with Crippen LogP contribution in [-0.4, -0.2) is 19.5 Å². The molecule has 5 rings (SSSR count). The molecule has 2 aromatic carbocycles. The zero-order valence-electron chi connectivity index (χ0n) is 17.2. The van der Waals surface area contributed by atoms with E-state index >= 15 is 0 Å². The van der Waals surface area contributed by atoms with E-state index in [1.807, 2.05) is 74.6 Å². The largest absolute Gasteiger partial charge is 0.486 e. The fourth-order valence-corrected chi connectivity index (χ4v) is 3.46. The maximum absolute atomic E-state index is 5.89. The highest BCUT2D eigenvalue weighted by Crippen LogP contribution is 2.28. The Hall–Kier alpha value is -4.13. The van der Waals surface area contributed by atoms with Gasteiger partial charge in [0.2, 0.25) is 0 Å². The molecule has 3 aromatic heterocycles. The number of anilines is 2. The number of hydrogen-bond acceptors (Lipinski definition) is 6. The molecule has 154 valence electrons. The third kappa shape index (κ3) is 3.73. The maximum Gasteiger partial charge on any atom is 0.181 e. The average Bonchev–Trinajstić information content (AvgIpc) is 3.37. The van der Waals surface area contributed by atoms with Crippen LogP contribution in [0.2, 0.25) is 0 Å². The van der Waals surface area contributed by atoms with Crippen molar-refractivity contribution in [2.24, 2.45) is 7.05 Å². The molecule has 0 spiro atoms. The summed E-state index contributed by atoms with van der Waals surface area (Å²) in [4.78, 5) is 13.4. The number of para-hydroxylation sites is 2. The summed E-state index contributed by atoms with van der Waals surface area (Å²) < 4.78 is 13.4. The van der Waals surface area contributed by atoms with E-state index in [1.54, 1.807) is 6.20 Å². The molecule has 7 nitrogen and oxygen atoms in total. The van der Waals surface area contributed by atoms with Crippen LogP contribution in [0.1, 0.15) is 11.5 Å². The standard InChI is InChI=1S/C24H21N5O2/c1-16-24(31-15-26-16)20-12-11-17(13-25-20)27-19-9-6-10-21-23(19)28-22(29(21)2)14-30-18-7-4-3-5-8-18/h3-13,15,27H,14H2,1-2H3. The van der Waals surface area contributed by atoms with E-state index in [2.05, 4.69) is 19.9 Å². The molecular weight excluding hydrogens is 390 g/mol. The van der Waals surface area contributed by atoms with Crippen molar-refractivity contribution in [3.05, 3.63) is 84.8 Å². The smallest absolute Gasteiger partial charge is 0.181 e. The summed E-state index contributed by atoms with van der Waals surface area (Å²) in [7, 11) is 2.00. The molecule has 0 bridgehead atoms. The predicted octanol–water partition coefficient (Wildman–Crippen LogP) is 5.25. The van der Waals surface area contributed by atoms with Crippen LogP contribution in [0, 0.1) is 6.92 Å². The van der Waals surface area contributed by atoms with E-state index in [1.165, 1.54) is 6.39 Å². The first-order chi connectivity index (χ1) is 15.2. The van der Waals surface area contributed by atoms with E-state index in [4.69, 9.17) is 14.1 Å². The van der Waals surface area contributed by atoms with Gasteiger partial charge in [-0.15, -0.1) is 0 Å². The van der Waals surface area contributed by atoms with Gasteiger partial charge in [0, 0.05) is 7.05 Å². The molecule has 5 aromatic rings. The fraction of sp³-hybridized carbons (Fsp3) is 0.125. The summed E-state index contributed by atoms with van der Waals surface area (Å²) in [5.74, 6) is 2.35. The Morgan fingerprint density at radius 1 is 1.00 bits per heavy atom. The number of imidazole rings is 1. The van der Waals surface area contributed by atoms with Gasteiger partial charge in [-0.05, 0) is 43.3 Å². The summed E-state index contributed by atoms with van der Waals surface area (Å²) >= 11 is 0. The van der Waals surface area contributed by atoms with Crippen molar-refractivity contribution >= 4 is 22.4 Å². The molecule has 1 N–H and O–H groups in total. The van der Waals surface area contributed by atoms with Gasteiger partial charge in [-0.1, -0.05) is 24.3 Å². The fourth-order valence-electron chi connectivity index (χ4n) is 3.46. The van der Waals surface area contributed by atoms with E-state index in [0.29, 0.717) is 12.4 Å². The SMILES string of the molecule is Cc1ncoc1-c1ccc(Nc2cccc3c2nc(COc2ccccc2)n3C)cn1. The van der Waals surface area contributed by atoms with Gasteiger partial charge in [0.05, 0.1) is 28.8 Å². The molecule has 3 heterocycles. The van der Waals surface area contributed by atoms with Crippen LogP contribution in [-0.2, 0) is 13.7 Å². The van der Waals surface area contributed by atoms with Crippen molar-refractivity contribution in [3.63, 3.8) is 0 Å². The highest BCUT2D eigenvalue weighted by Gasteiger charge is 2.13. The summed E-state index contributed by atoms with van der Waals surface area (Å²) in [5.41, 5.74) is 5.24. The van der Waals surface area contributed by atoms with Crippen LogP contribution in [0.5, 0.6) is 5.75 Å². The lowest BCUT2D eigenvalue weighted by atomic mass is 10.2. The molecule has 0 atom stereocenters. The van der Waals surface area contributed by atoms with Crippen molar-refractivity contribution in [3.8, 4) is 17.2 Å². The second kappa shape index (κ2) is 7.95. The summed E-state index contributed by atoms with van der Waals surface area (Å²) in [6, 6.07) is 19.7. The van der Waals surface area contributed by atoms with Crippen LogP contribution in [0.4, 0.5) is 11.4 Å². The number of hydrogen-bond donors (Lipinski definition) is 1. The van der Waals surface area contributed by atoms with Crippen LogP contribution in [0.3, 0.4) is 0 Å². The molecule has 0 unspecified atom stereocenters. The third-order valence-electron chi connectivity index (χ3n) is 5.14. The highest BCUT2D eigenvalue weighted by atomic mass is 16.5. The van der Waals surface area contributed by atoms with E-state index in [-0.39, 0.29) is 0 Å². The first-order valence-electron chi connectivity index (χ1n) is 9.95. The van der Waals surface area contributed by atoms with Crippen molar-refractivity contribution in [2.75, 3.05) is 5.32 Å². The van der Waals surface area contributed by atoms with Gasteiger partial charge in [-0.3, -0.25) is 4.98 Å². The molecule has 0 aliphatic carbocycles. The number of fused-ring (bicyclic) bond motifs is 1. The quantitative estimate of drug-likeness (QED) is 0.411. The van der Waals surface area contributed by atoms with Gasteiger partial charge < -0.3 is 19.0 Å². The Bertz CT molecular complexity index is 1320. The van der Waals surface area contributed by atoms with Gasteiger partial charge in [-0.25, -0.2) is 9.97 Å². The molecular formula is C24H21N5O2. The average molecular weight is 411 g/mol. The van der Waals surface area contributed by atoms with Crippen molar-refractivity contribution in [1.29, 1.82) is 0 Å². The van der Waals surface area contributed by atoms with E-state index < -0.39 is 0 Å². The van der Waals surface area contributed by atoms with Gasteiger partial charge in [0.15, 0.2) is 12.2 Å². The molecule has 0 radical (unpaired) electrons. The number of rotatable bonds is 6. The minimum atomic E-state index is 0.390. The molecule has 0 saturated heterocycles. The Balaban J connectivity index is 1.39. The molecule has 7 heteroatoms. The third-order valence-corrected chi connectivity index (χ3v) is 5.14. The maximum atomic E-state index is 5.89. The van der Waals surface area contributed by atoms with E-state index in [9.17, 15) is 0 Å². The molecule has 0 fully saturated rings. The number of ether oxygens (including phenoxy) is 1. The van der Waals surface area contributed by atoms with Gasteiger partial charge in [-0.2, -0.15) is 0 Å². The van der Waals surface area contributed by atoms with Gasteiger partial charge >= 0.3 is 0 Å². The predicted molar refractivity (Wildman–Crippen MR) is 119 cm³/mol. The number of aryl methyl sites for hydroxylation is 2. The monoisotopic (exact) mass is 411 g/mol. The van der Waals surface area contributed by atoms with Crippen LogP contribution < -0.4 is 10.1 Å². The lowest BCUT2D eigenvalue weighted by Crippen LogP contribution is -2.03. The number of benzene rings is 2. The Labute approximate surface area is 179 Å². The van der Waals surface area contributed by atoms with Crippen LogP contribution in [0.15, 0.2) is 77.7 Å². The second-order valence-electron chi connectivity index (χ2n) is 7.19. The summed E-state index contributed by atoms with van der Waals surface area (Å²) in [5, 5.41) is 3.42. The minimum Gasteiger partial charge on any atom is -0.486 e. The molecule has 0 saturated carbocycles. The van der Waals surface area contributed by atoms with Crippen molar-refractivity contribution < 1.29 is 9.15 Å². The number of aromatic nitrogens is 4. The summed E-state index contributed by atoms with van der Waals surface area (Å²) in [6.07, 6.45) is 3.21. The Morgan fingerprint density at radius 3 is 2.61 bits per heavy atom. The lowest BCUT2D eigenvalue weighted by Gasteiger charge is -2.07. The van der Waals surface area contributed by atoms with Crippen LogP contribution >= 0.6 is 0 Å². The van der Waals surface area contributed by atoms with Gasteiger partial charge in [0.25, 0.3) is 0 Å². The lowest BCUT2D eigenvalue weighted by molar-refractivity contribution is 0.292. The highest BCUT2D eigenvalue weighted by molar-refractivity contribution is 5.90. The second-order valence-corrected chi connectivity index (χ2v) is 7.19. The number of pyridine rings is 1. The van der Waals surface area contributed by atoms with Crippen molar-refractivity contribution in [1.82, 2.24) is 19.5 Å². The normalized spacial score (nSPS) is 11.0. The first kappa shape index (κ1) is 18.9. The Kier molecular flexibility index (Phi) is 4.84. The minimum absolute atomic E-state index is 0.390. The van der Waals surface area contributed by atoms with Gasteiger partial charge in [0.1, 0.15) is 29.4 Å². The molecule has 0 aliphatic rings. The summed E-state index contributed by atoms with van der Waals surface area (Å²) in [6.45, 7) is 2.29. The zero-order valence-corrected chi connectivity index (χ0v) is 17.2. The molecule has 31 heavy (non-hydrogen) atoms. The van der Waals surface area contributed by atoms with Crippen molar-refractivity contribution in [2.45, 2.75) is 13.5 Å². The number of oxazole rings is 1. The molecule has 0 aliphatic heterocycles. The Morgan fingerprint density at radius 2 is 1.87 bits per heavy atom. The molecule has 0 amide bonds. The van der Waals surface area contributed by atoms with Crippen LogP contribution in [0.25, 0.3) is 22.5 Å².